The van der Waals surface area contributed by atoms with Crippen LogP contribution < -0.4 is 0 Å². The van der Waals surface area contributed by atoms with Crippen LogP contribution in [0.1, 0.15) is 56.6 Å². The highest BCUT2D eigenvalue weighted by atomic mass is 127. The van der Waals surface area contributed by atoms with E-state index in [0.29, 0.717) is 5.92 Å². The van der Waals surface area contributed by atoms with Crippen LogP contribution in [0.5, 0.6) is 0 Å². The molecule has 2 heterocycles. The summed E-state index contributed by atoms with van der Waals surface area (Å²) in [5.41, 5.74) is 1.19. The molecule has 4 heteroatoms. The minimum Gasteiger partial charge on any atom is -0.388 e. The number of thiophene rings is 1. The Kier molecular flexibility index (Phi) is 4.51. The zero-order valence-electron chi connectivity index (χ0n) is 11.1. The highest BCUT2D eigenvalue weighted by Crippen LogP contribution is 2.44. The molecule has 19 heavy (non-hydrogen) atoms. The number of ether oxygens (including phenoxy) is 1. The first kappa shape index (κ1) is 14.3. The Balaban J connectivity index is 1.70. The molecule has 2 atom stereocenters. The van der Waals surface area contributed by atoms with E-state index in [0.717, 1.165) is 25.0 Å². The molecule has 1 aromatic rings. The van der Waals surface area contributed by atoms with Crippen molar-refractivity contribution < 1.29 is 9.84 Å². The fourth-order valence-electron chi connectivity index (χ4n) is 3.63. The Morgan fingerprint density at radius 2 is 2.16 bits per heavy atom. The van der Waals surface area contributed by atoms with Gasteiger partial charge in [-0.2, -0.15) is 0 Å². The normalized spacial score (nSPS) is 28.4. The van der Waals surface area contributed by atoms with Crippen molar-refractivity contribution >= 4 is 33.9 Å². The summed E-state index contributed by atoms with van der Waals surface area (Å²) in [5, 5.41) is 12.7. The average Bonchev–Trinajstić information content (AvgIpc) is 2.85. The molecule has 0 amide bonds. The Hall–Kier alpha value is 0.350. The van der Waals surface area contributed by atoms with Crippen LogP contribution in [-0.4, -0.2) is 17.3 Å². The summed E-state index contributed by atoms with van der Waals surface area (Å²) in [7, 11) is 0. The van der Waals surface area contributed by atoms with Crippen LogP contribution >= 0.6 is 33.9 Å². The molecule has 0 radical (unpaired) electrons. The SMILES string of the molecule is OC(c1csc(I)c1)C1CCOC2(CCCCC2)C1. The summed E-state index contributed by atoms with van der Waals surface area (Å²) in [6.45, 7) is 0.822. The first-order chi connectivity index (χ1) is 9.19. The van der Waals surface area contributed by atoms with Gasteiger partial charge in [0.15, 0.2) is 0 Å². The van der Waals surface area contributed by atoms with Crippen molar-refractivity contribution in [3.63, 3.8) is 0 Å². The van der Waals surface area contributed by atoms with Gasteiger partial charge in [-0.1, -0.05) is 19.3 Å². The van der Waals surface area contributed by atoms with Gasteiger partial charge in [-0.15, -0.1) is 11.3 Å². The maximum Gasteiger partial charge on any atom is 0.0828 e. The molecule has 1 aliphatic heterocycles. The molecule has 0 bridgehead atoms. The third kappa shape index (κ3) is 3.17. The molecule has 0 aromatic carbocycles. The summed E-state index contributed by atoms with van der Waals surface area (Å²) in [6, 6.07) is 2.12. The lowest BCUT2D eigenvalue weighted by atomic mass is 9.74. The summed E-state index contributed by atoms with van der Waals surface area (Å²) in [5.74, 6) is 0.372. The molecule has 2 aliphatic rings. The van der Waals surface area contributed by atoms with Gasteiger partial charge in [-0.05, 0) is 71.2 Å². The van der Waals surface area contributed by atoms with Crippen molar-refractivity contribution in [3.8, 4) is 0 Å². The molecule has 1 saturated carbocycles. The van der Waals surface area contributed by atoms with Gasteiger partial charge in [0.05, 0.1) is 14.6 Å². The molecular weight excluding hydrogens is 371 g/mol. The van der Waals surface area contributed by atoms with E-state index < -0.39 is 0 Å². The van der Waals surface area contributed by atoms with E-state index in [-0.39, 0.29) is 11.7 Å². The van der Waals surface area contributed by atoms with E-state index in [2.05, 4.69) is 34.0 Å². The van der Waals surface area contributed by atoms with Gasteiger partial charge in [-0.25, -0.2) is 0 Å². The highest BCUT2D eigenvalue weighted by Gasteiger charge is 2.40. The van der Waals surface area contributed by atoms with Gasteiger partial charge in [0.25, 0.3) is 0 Å². The third-order valence-corrected chi connectivity index (χ3v) is 6.48. The minimum atomic E-state index is -0.303. The Morgan fingerprint density at radius 1 is 1.37 bits per heavy atom. The first-order valence-corrected chi connectivity index (χ1v) is 9.20. The third-order valence-electron chi connectivity index (χ3n) is 4.67. The van der Waals surface area contributed by atoms with Gasteiger partial charge in [-0.3, -0.25) is 0 Å². The van der Waals surface area contributed by atoms with Crippen LogP contribution in [0.25, 0.3) is 0 Å². The quantitative estimate of drug-likeness (QED) is 0.751. The second-order valence-electron chi connectivity index (χ2n) is 5.97. The summed E-state index contributed by atoms with van der Waals surface area (Å²) in [4.78, 5) is 0. The highest BCUT2D eigenvalue weighted by molar-refractivity contribution is 14.1. The fraction of sp³-hybridized carbons (Fsp3) is 0.733. The molecule has 106 valence electrons. The minimum absolute atomic E-state index is 0.0886. The van der Waals surface area contributed by atoms with E-state index in [9.17, 15) is 5.11 Å². The predicted molar refractivity (Wildman–Crippen MR) is 86.5 cm³/mol. The maximum absolute atomic E-state index is 10.6. The van der Waals surface area contributed by atoms with Gasteiger partial charge >= 0.3 is 0 Å². The molecule has 1 N–H and O–H groups in total. The molecule has 1 saturated heterocycles. The zero-order valence-corrected chi connectivity index (χ0v) is 14.1. The molecule has 2 nitrogen and oxygen atoms in total. The molecule has 2 unspecified atom stereocenters. The van der Waals surface area contributed by atoms with E-state index in [1.54, 1.807) is 11.3 Å². The largest absolute Gasteiger partial charge is 0.388 e. The molecule has 2 fully saturated rings. The van der Waals surface area contributed by atoms with Crippen molar-refractivity contribution in [1.29, 1.82) is 0 Å². The molecule has 1 aliphatic carbocycles. The van der Waals surface area contributed by atoms with Crippen molar-refractivity contribution in [1.82, 2.24) is 0 Å². The van der Waals surface area contributed by atoms with E-state index in [4.69, 9.17) is 4.74 Å². The van der Waals surface area contributed by atoms with E-state index >= 15 is 0 Å². The van der Waals surface area contributed by atoms with Gasteiger partial charge < -0.3 is 9.84 Å². The fourth-order valence-corrected chi connectivity index (χ4v) is 5.03. The van der Waals surface area contributed by atoms with Crippen LogP contribution in [0.3, 0.4) is 0 Å². The molecule has 1 spiro atoms. The average molecular weight is 392 g/mol. The van der Waals surface area contributed by atoms with Gasteiger partial charge in [0.2, 0.25) is 0 Å². The summed E-state index contributed by atoms with van der Waals surface area (Å²) < 4.78 is 7.37. The van der Waals surface area contributed by atoms with Gasteiger partial charge in [0.1, 0.15) is 0 Å². The number of aliphatic hydroxyl groups excluding tert-OH is 1. The number of aliphatic hydroxyl groups is 1. The van der Waals surface area contributed by atoms with Crippen molar-refractivity contribution in [2.45, 2.75) is 56.7 Å². The monoisotopic (exact) mass is 392 g/mol. The van der Waals surface area contributed by atoms with Crippen LogP contribution in [0.4, 0.5) is 0 Å². The van der Waals surface area contributed by atoms with Crippen molar-refractivity contribution in [2.24, 2.45) is 5.92 Å². The zero-order chi connectivity index (χ0) is 13.3. The summed E-state index contributed by atoms with van der Waals surface area (Å²) in [6.07, 6.45) is 8.05. The smallest absolute Gasteiger partial charge is 0.0828 e. The maximum atomic E-state index is 10.6. The second-order valence-corrected chi connectivity index (χ2v) is 8.78. The predicted octanol–water partition coefficient (Wildman–Crippen LogP) is 4.52. The number of halogens is 1. The standard InChI is InChI=1S/C15H21IO2S/c16-13-8-12(10-19-13)14(17)11-4-7-18-15(9-11)5-2-1-3-6-15/h8,10-11,14,17H,1-7,9H2. The first-order valence-electron chi connectivity index (χ1n) is 7.24. The van der Waals surface area contributed by atoms with E-state index in [1.165, 1.54) is 35.0 Å². The number of rotatable bonds is 2. The summed E-state index contributed by atoms with van der Waals surface area (Å²) >= 11 is 4.04. The topological polar surface area (TPSA) is 29.5 Å². The lowest BCUT2D eigenvalue weighted by Crippen LogP contribution is -2.42. The Labute approximate surface area is 132 Å². The van der Waals surface area contributed by atoms with Crippen molar-refractivity contribution in [2.75, 3.05) is 6.61 Å². The van der Waals surface area contributed by atoms with Crippen molar-refractivity contribution in [3.05, 3.63) is 19.9 Å². The van der Waals surface area contributed by atoms with E-state index in [1.807, 2.05) is 0 Å². The van der Waals surface area contributed by atoms with Gasteiger partial charge in [0, 0.05) is 6.61 Å². The lowest BCUT2D eigenvalue weighted by Gasteiger charge is -2.44. The second kappa shape index (κ2) is 6.00. The van der Waals surface area contributed by atoms with Crippen LogP contribution in [-0.2, 0) is 4.74 Å². The van der Waals surface area contributed by atoms with Crippen LogP contribution in [0.15, 0.2) is 11.4 Å². The van der Waals surface area contributed by atoms with Crippen LogP contribution in [0, 0.1) is 8.80 Å². The molecule has 3 rings (SSSR count). The Bertz CT molecular complexity index is 420. The van der Waals surface area contributed by atoms with Crippen LogP contribution in [0.2, 0.25) is 0 Å². The Morgan fingerprint density at radius 3 is 2.84 bits per heavy atom. The number of hydrogen-bond acceptors (Lipinski definition) is 3. The molecular formula is C15H21IO2S. The molecule has 1 aromatic heterocycles. The number of hydrogen-bond donors (Lipinski definition) is 1. The lowest BCUT2D eigenvalue weighted by molar-refractivity contribution is -0.134.